The largest absolute Gasteiger partial charge is 0.466 e. The Hall–Kier alpha value is -0.830. The van der Waals surface area contributed by atoms with Gasteiger partial charge in [0.25, 0.3) is 0 Å². The maximum absolute atomic E-state index is 10.7. The predicted molar refractivity (Wildman–Crippen MR) is 69.4 cm³/mol. The molecular formula is C13H27NO2. The van der Waals surface area contributed by atoms with Gasteiger partial charge in [0.05, 0.1) is 6.61 Å². The average molecular weight is 229 g/mol. The molecule has 3 nitrogen and oxygen atoms in total. The van der Waals surface area contributed by atoms with Crippen molar-refractivity contribution in [3.63, 3.8) is 0 Å². The minimum absolute atomic E-state index is 0.0730. The number of carbonyl (C=O) groups is 1. The van der Waals surface area contributed by atoms with Gasteiger partial charge in [-0.3, -0.25) is 4.79 Å². The van der Waals surface area contributed by atoms with E-state index in [-0.39, 0.29) is 5.97 Å². The standard InChI is InChI=1S/C8H16O2.C5H11N/c1-4-10-8(9)6-5-7(2)3;1-3-4-5-6-2/h7H,4-6H2,1-3H3;3-4,6H,5H2,1-2H3/b;4-3-. The highest BCUT2D eigenvalue weighted by atomic mass is 16.5. The summed E-state index contributed by atoms with van der Waals surface area (Å²) >= 11 is 0. The number of hydrogen-bond acceptors (Lipinski definition) is 3. The summed E-state index contributed by atoms with van der Waals surface area (Å²) in [6.45, 7) is 9.51. The molecule has 0 aliphatic rings. The van der Waals surface area contributed by atoms with Crippen LogP contribution >= 0.6 is 0 Å². The molecule has 0 unspecified atom stereocenters. The van der Waals surface area contributed by atoms with Crippen molar-refractivity contribution >= 4 is 5.97 Å². The summed E-state index contributed by atoms with van der Waals surface area (Å²) in [4.78, 5) is 10.7. The normalized spacial score (nSPS) is 10.1. The van der Waals surface area contributed by atoms with Gasteiger partial charge in [-0.1, -0.05) is 26.0 Å². The molecule has 0 aromatic carbocycles. The van der Waals surface area contributed by atoms with E-state index in [2.05, 4.69) is 25.2 Å². The Morgan fingerprint density at radius 2 is 2.06 bits per heavy atom. The minimum Gasteiger partial charge on any atom is -0.466 e. The fraction of sp³-hybridized carbons (Fsp3) is 0.769. The lowest BCUT2D eigenvalue weighted by Gasteiger charge is -2.03. The first-order valence-corrected chi connectivity index (χ1v) is 5.99. The van der Waals surface area contributed by atoms with Crippen LogP contribution in [0.4, 0.5) is 0 Å². The van der Waals surface area contributed by atoms with Crippen LogP contribution in [0.25, 0.3) is 0 Å². The van der Waals surface area contributed by atoms with Gasteiger partial charge in [0.15, 0.2) is 0 Å². The molecule has 0 aliphatic heterocycles. The molecule has 3 heteroatoms. The fourth-order valence-electron chi connectivity index (χ4n) is 0.875. The molecule has 0 saturated heterocycles. The summed E-state index contributed by atoms with van der Waals surface area (Å²) in [5.41, 5.74) is 0. The van der Waals surface area contributed by atoms with Gasteiger partial charge in [0.2, 0.25) is 0 Å². The second-order valence-corrected chi connectivity index (χ2v) is 3.86. The highest BCUT2D eigenvalue weighted by molar-refractivity contribution is 5.69. The number of rotatable bonds is 6. The van der Waals surface area contributed by atoms with Crippen molar-refractivity contribution < 1.29 is 9.53 Å². The van der Waals surface area contributed by atoms with Crippen LogP contribution in [0.3, 0.4) is 0 Å². The Kier molecular flexibility index (Phi) is 15.6. The van der Waals surface area contributed by atoms with Crippen molar-refractivity contribution in [3.8, 4) is 0 Å². The van der Waals surface area contributed by atoms with Gasteiger partial charge in [0, 0.05) is 13.0 Å². The molecule has 0 radical (unpaired) electrons. The summed E-state index contributed by atoms with van der Waals surface area (Å²) in [5, 5.41) is 2.98. The molecule has 16 heavy (non-hydrogen) atoms. The van der Waals surface area contributed by atoms with Crippen LogP contribution in [0.5, 0.6) is 0 Å². The molecule has 96 valence electrons. The Labute approximate surface area is 100 Å². The molecule has 0 spiro atoms. The Morgan fingerprint density at radius 1 is 1.44 bits per heavy atom. The Balaban J connectivity index is 0. The number of carbonyl (C=O) groups excluding carboxylic acids is 1. The number of likely N-dealkylation sites (N-methyl/N-ethyl adjacent to an activating group) is 1. The van der Waals surface area contributed by atoms with Gasteiger partial charge >= 0.3 is 5.97 Å². The summed E-state index contributed by atoms with van der Waals surface area (Å²) < 4.78 is 4.75. The highest BCUT2D eigenvalue weighted by Gasteiger charge is 2.02. The van der Waals surface area contributed by atoms with E-state index in [0.29, 0.717) is 18.9 Å². The predicted octanol–water partition coefficient (Wildman–Crippen LogP) is 2.77. The van der Waals surface area contributed by atoms with E-state index in [9.17, 15) is 4.79 Å². The summed E-state index contributed by atoms with van der Waals surface area (Å²) in [5.74, 6) is 0.514. The lowest BCUT2D eigenvalue weighted by molar-refractivity contribution is -0.143. The molecule has 0 atom stereocenters. The first-order chi connectivity index (χ1) is 7.58. The second-order valence-electron chi connectivity index (χ2n) is 3.86. The number of hydrogen-bond donors (Lipinski definition) is 1. The smallest absolute Gasteiger partial charge is 0.305 e. The number of allylic oxidation sites excluding steroid dienone is 1. The molecule has 0 bridgehead atoms. The van der Waals surface area contributed by atoms with Crippen molar-refractivity contribution in [1.29, 1.82) is 0 Å². The molecule has 0 aromatic heterocycles. The number of ether oxygens (including phenoxy) is 1. The van der Waals surface area contributed by atoms with Gasteiger partial charge in [-0.2, -0.15) is 0 Å². The van der Waals surface area contributed by atoms with Crippen molar-refractivity contribution in [1.82, 2.24) is 5.32 Å². The molecule has 1 N–H and O–H groups in total. The fourth-order valence-corrected chi connectivity index (χ4v) is 0.875. The monoisotopic (exact) mass is 229 g/mol. The first-order valence-electron chi connectivity index (χ1n) is 5.99. The molecule has 0 aliphatic carbocycles. The van der Waals surface area contributed by atoms with E-state index in [1.807, 2.05) is 27.0 Å². The van der Waals surface area contributed by atoms with E-state index in [1.54, 1.807) is 0 Å². The van der Waals surface area contributed by atoms with Crippen LogP contribution in [-0.4, -0.2) is 26.2 Å². The van der Waals surface area contributed by atoms with Crippen LogP contribution in [0.2, 0.25) is 0 Å². The quantitative estimate of drug-likeness (QED) is 0.562. The zero-order valence-electron chi connectivity index (χ0n) is 11.4. The zero-order valence-corrected chi connectivity index (χ0v) is 11.4. The topological polar surface area (TPSA) is 38.3 Å². The van der Waals surface area contributed by atoms with Gasteiger partial charge in [-0.15, -0.1) is 0 Å². The zero-order chi connectivity index (χ0) is 12.8. The summed E-state index contributed by atoms with van der Waals surface area (Å²) in [7, 11) is 1.93. The Morgan fingerprint density at radius 3 is 2.38 bits per heavy atom. The second kappa shape index (κ2) is 14.2. The van der Waals surface area contributed by atoms with Crippen molar-refractivity contribution in [2.24, 2.45) is 5.92 Å². The van der Waals surface area contributed by atoms with E-state index in [1.165, 1.54) is 0 Å². The molecule has 0 heterocycles. The number of esters is 1. The van der Waals surface area contributed by atoms with Crippen molar-refractivity contribution in [2.45, 2.75) is 40.5 Å². The van der Waals surface area contributed by atoms with E-state index in [4.69, 9.17) is 4.74 Å². The van der Waals surface area contributed by atoms with E-state index < -0.39 is 0 Å². The molecule has 0 saturated carbocycles. The average Bonchev–Trinajstić information content (AvgIpc) is 2.25. The first kappa shape index (κ1) is 17.6. The lowest BCUT2D eigenvalue weighted by Crippen LogP contribution is -2.04. The number of nitrogens with one attached hydrogen (secondary N) is 1. The Bertz CT molecular complexity index is 177. The third-order valence-electron chi connectivity index (χ3n) is 1.79. The van der Waals surface area contributed by atoms with Crippen LogP contribution < -0.4 is 5.32 Å². The minimum atomic E-state index is -0.0730. The van der Waals surface area contributed by atoms with Crippen LogP contribution in [-0.2, 0) is 9.53 Å². The van der Waals surface area contributed by atoms with E-state index >= 15 is 0 Å². The molecule has 0 amide bonds. The molecule has 0 fully saturated rings. The van der Waals surface area contributed by atoms with Crippen LogP contribution in [0.1, 0.15) is 40.5 Å². The third-order valence-corrected chi connectivity index (χ3v) is 1.79. The van der Waals surface area contributed by atoms with Gasteiger partial charge in [0.1, 0.15) is 0 Å². The molecule has 0 aromatic rings. The maximum Gasteiger partial charge on any atom is 0.305 e. The maximum atomic E-state index is 10.7. The highest BCUT2D eigenvalue weighted by Crippen LogP contribution is 2.03. The van der Waals surface area contributed by atoms with Gasteiger partial charge in [-0.25, -0.2) is 0 Å². The third kappa shape index (κ3) is 18.9. The summed E-state index contributed by atoms with van der Waals surface area (Å²) in [6, 6.07) is 0. The van der Waals surface area contributed by atoms with Crippen molar-refractivity contribution in [3.05, 3.63) is 12.2 Å². The van der Waals surface area contributed by atoms with Gasteiger partial charge < -0.3 is 10.1 Å². The van der Waals surface area contributed by atoms with Crippen LogP contribution in [0, 0.1) is 5.92 Å². The molecule has 0 rings (SSSR count). The van der Waals surface area contributed by atoms with Crippen LogP contribution in [0.15, 0.2) is 12.2 Å². The van der Waals surface area contributed by atoms with E-state index in [0.717, 1.165) is 13.0 Å². The van der Waals surface area contributed by atoms with Crippen molar-refractivity contribution in [2.75, 3.05) is 20.2 Å². The molecular weight excluding hydrogens is 202 g/mol. The SMILES string of the molecule is C/C=C\CNC.CCOC(=O)CCC(C)C. The van der Waals surface area contributed by atoms with Gasteiger partial charge in [-0.05, 0) is 33.2 Å². The summed E-state index contributed by atoms with van der Waals surface area (Å²) in [6.07, 6.45) is 5.58. The lowest BCUT2D eigenvalue weighted by atomic mass is 10.1.